The maximum atomic E-state index is 11.2. The monoisotopic (exact) mass is 268 g/mol. The molecule has 0 aromatic heterocycles. The Bertz CT molecular complexity index is 608. The SMILES string of the molecule is CC1(N=O)C=CC=C(C2=CC=CC=CC2(C)N=O)C=C1. The van der Waals surface area contributed by atoms with E-state index in [1.165, 1.54) is 0 Å². The topological polar surface area (TPSA) is 58.9 Å². The summed E-state index contributed by atoms with van der Waals surface area (Å²) in [4.78, 5) is 22.1. The Balaban J connectivity index is 2.46. The first-order chi connectivity index (χ1) is 9.53. The molecule has 0 aromatic carbocycles. The molecule has 2 aliphatic carbocycles. The van der Waals surface area contributed by atoms with Gasteiger partial charge in [-0.2, -0.15) is 0 Å². The fourth-order valence-electron chi connectivity index (χ4n) is 2.14. The van der Waals surface area contributed by atoms with E-state index in [0.717, 1.165) is 11.1 Å². The average molecular weight is 268 g/mol. The highest BCUT2D eigenvalue weighted by Crippen LogP contribution is 2.33. The van der Waals surface area contributed by atoms with Crippen LogP contribution in [0.2, 0.25) is 0 Å². The van der Waals surface area contributed by atoms with E-state index in [4.69, 9.17) is 0 Å². The maximum Gasteiger partial charge on any atom is 0.144 e. The van der Waals surface area contributed by atoms with Gasteiger partial charge >= 0.3 is 0 Å². The van der Waals surface area contributed by atoms with Crippen LogP contribution < -0.4 is 0 Å². The standard InChI is InChI=1S/C16H16N2O2/c1-15(17-19)10-6-7-13(9-12-15)14-8-4-3-5-11-16(14,2)18-20/h3-12H,1-2H3. The quantitative estimate of drug-likeness (QED) is 0.722. The van der Waals surface area contributed by atoms with E-state index in [2.05, 4.69) is 10.4 Å². The van der Waals surface area contributed by atoms with Crippen LogP contribution >= 0.6 is 0 Å². The lowest BCUT2D eigenvalue weighted by Gasteiger charge is -2.21. The third-order valence-corrected chi connectivity index (χ3v) is 3.46. The van der Waals surface area contributed by atoms with Crippen molar-refractivity contribution in [3.05, 3.63) is 81.7 Å². The molecule has 0 aliphatic heterocycles. The Morgan fingerprint density at radius 2 is 1.65 bits per heavy atom. The van der Waals surface area contributed by atoms with Crippen molar-refractivity contribution in [2.45, 2.75) is 24.9 Å². The van der Waals surface area contributed by atoms with Gasteiger partial charge in [-0.05, 0) is 43.2 Å². The number of nitroso groups, excluding NO2 is 2. The van der Waals surface area contributed by atoms with Crippen LogP contribution in [0.3, 0.4) is 0 Å². The molecule has 2 atom stereocenters. The van der Waals surface area contributed by atoms with Gasteiger partial charge in [-0.1, -0.05) is 52.9 Å². The molecule has 0 radical (unpaired) electrons. The zero-order valence-electron chi connectivity index (χ0n) is 11.5. The van der Waals surface area contributed by atoms with Crippen molar-refractivity contribution in [2.24, 2.45) is 10.4 Å². The summed E-state index contributed by atoms with van der Waals surface area (Å²) in [5.74, 6) is 0. The van der Waals surface area contributed by atoms with Crippen molar-refractivity contribution in [3.63, 3.8) is 0 Å². The molecule has 0 N–H and O–H groups in total. The smallest absolute Gasteiger partial charge is 0.144 e. The molecule has 2 unspecified atom stereocenters. The number of hydrogen-bond acceptors (Lipinski definition) is 4. The van der Waals surface area contributed by atoms with Crippen molar-refractivity contribution in [2.75, 3.05) is 0 Å². The summed E-state index contributed by atoms with van der Waals surface area (Å²) in [5.41, 5.74) is -0.163. The zero-order chi connectivity index (χ0) is 14.6. The average Bonchev–Trinajstić information content (AvgIpc) is 2.76. The molecule has 20 heavy (non-hydrogen) atoms. The first-order valence-corrected chi connectivity index (χ1v) is 6.38. The van der Waals surface area contributed by atoms with Crippen LogP contribution in [0.15, 0.2) is 82.3 Å². The molecule has 0 spiro atoms. The highest BCUT2D eigenvalue weighted by molar-refractivity contribution is 5.54. The highest BCUT2D eigenvalue weighted by Gasteiger charge is 2.30. The predicted octanol–water partition coefficient (Wildman–Crippen LogP) is 4.14. The van der Waals surface area contributed by atoms with Crippen LogP contribution in [0.25, 0.3) is 0 Å². The van der Waals surface area contributed by atoms with Crippen LogP contribution in [0.4, 0.5) is 0 Å². The van der Waals surface area contributed by atoms with Gasteiger partial charge in [0.15, 0.2) is 0 Å². The van der Waals surface area contributed by atoms with E-state index in [-0.39, 0.29) is 0 Å². The number of allylic oxidation sites excluding steroid dienone is 7. The van der Waals surface area contributed by atoms with E-state index in [9.17, 15) is 9.81 Å². The van der Waals surface area contributed by atoms with Crippen LogP contribution in [0.5, 0.6) is 0 Å². The third-order valence-electron chi connectivity index (χ3n) is 3.46. The minimum absolute atomic E-state index is 0.786. The van der Waals surface area contributed by atoms with Crippen molar-refractivity contribution >= 4 is 0 Å². The Labute approximate surface area is 117 Å². The summed E-state index contributed by atoms with van der Waals surface area (Å²) in [6.07, 6.45) is 18.0. The fraction of sp³-hybridized carbons (Fsp3) is 0.250. The Kier molecular flexibility index (Phi) is 3.74. The molecule has 4 nitrogen and oxygen atoms in total. The molecule has 0 heterocycles. The van der Waals surface area contributed by atoms with Gasteiger partial charge in [0, 0.05) is 0 Å². The molecule has 102 valence electrons. The second kappa shape index (κ2) is 5.33. The number of rotatable bonds is 3. The second-order valence-electron chi connectivity index (χ2n) is 5.19. The van der Waals surface area contributed by atoms with Gasteiger partial charge in [0.25, 0.3) is 0 Å². The molecular weight excluding hydrogens is 252 g/mol. The third kappa shape index (κ3) is 2.64. The van der Waals surface area contributed by atoms with Crippen molar-refractivity contribution in [3.8, 4) is 0 Å². The minimum Gasteiger partial charge on any atom is -0.150 e. The van der Waals surface area contributed by atoms with Gasteiger partial charge in [0.05, 0.1) is 0 Å². The number of nitrogens with zero attached hydrogens (tertiary/aromatic N) is 2. The van der Waals surface area contributed by atoms with Gasteiger partial charge in [-0.25, -0.2) is 0 Å². The van der Waals surface area contributed by atoms with Crippen LogP contribution in [0, 0.1) is 9.81 Å². The summed E-state index contributed by atoms with van der Waals surface area (Å²) in [6.45, 7) is 3.48. The lowest BCUT2D eigenvalue weighted by atomic mass is 9.86. The summed E-state index contributed by atoms with van der Waals surface area (Å²) >= 11 is 0. The van der Waals surface area contributed by atoms with E-state index in [1.807, 2.05) is 30.4 Å². The lowest BCUT2D eigenvalue weighted by Crippen LogP contribution is -2.22. The Hall–Kier alpha value is -2.36. The van der Waals surface area contributed by atoms with Gasteiger partial charge < -0.3 is 0 Å². The van der Waals surface area contributed by atoms with E-state index < -0.39 is 11.1 Å². The Morgan fingerprint density at radius 3 is 2.35 bits per heavy atom. The summed E-state index contributed by atoms with van der Waals surface area (Å²) in [6, 6.07) is 0. The lowest BCUT2D eigenvalue weighted by molar-refractivity contribution is 0.693. The van der Waals surface area contributed by atoms with Crippen LogP contribution in [0.1, 0.15) is 13.8 Å². The normalized spacial score (nSPS) is 32.1. The second-order valence-corrected chi connectivity index (χ2v) is 5.19. The maximum absolute atomic E-state index is 11.2. The summed E-state index contributed by atoms with van der Waals surface area (Å²) in [7, 11) is 0. The van der Waals surface area contributed by atoms with Crippen LogP contribution in [-0.4, -0.2) is 11.1 Å². The Morgan fingerprint density at radius 1 is 0.850 bits per heavy atom. The van der Waals surface area contributed by atoms with Gasteiger partial charge in [0.2, 0.25) is 0 Å². The molecule has 0 saturated carbocycles. The molecule has 0 fully saturated rings. The summed E-state index contributed by atoms with van der Waals surface area (Å²) in [5, 5.41) is 6.36. The van der Waals surface area contributed by atoms with E-state index in [0.29, 0.717) is 0 Å². The van der Waals surface area contributed by atoms with Gasteiger partial charge in [0.1, 0.15) is 11.1 Å². The molecular formula is C16H16N2O2. The molecule has 0 aromatic rings. The first-order valence-electron chi connectivity index (χ1n) is 6.38. The molecule has 4 heteroatoms. The van der Waals surface area contributed by atoms with Crippen molar-refractivity contribution < 1.29 is 0 Å². The molecule has 2 aliphatic rings. The first kappa shape index (κ1) is 14.1. The highest BCUT2D eigenvalue weighted by atomic mass is 16.3. The van der Waals surface area contributed by atoms with Crippen molar-refractivity contribution in [1.29, 1.82) is 0 Å². The molecule has 0 bridgehead atoms. The van der Waals surface area contributed by atoms with Crippen LogP contribution in [-0.2, 0) is 0 Å². The van der Waals surface area contributed by atoms with Gasteiger partial charge in [-0.3, -0.25) is 0 Å². The minimum atomic E-state index is -0.928. The number of hydrogen-bond donors (Lipinski definition) is 0. The zero-order valence-corrected chi connectivity index (χ0v) is 11.5. The van der Waals surface area contributed by atoms with Crippen molar-refractivity contribution in [1.82, 2.24) is 0 Å². The largest absolute Gasteiger partial charge is 0.150 e. The molecule has 2 rings (SSSR count). The fourth-order valence-corrected chi connectivity index (χ4v) is 2.14. The van der Waals surface area contributed by atoms with E-state index in [1.54, 1.807) is 44.2 Å². The van der Waals surface area contributed by atoms with Gasteiger partial charge in [-0.15, -0.1) is 9.81 Å². The van der Waals surface area contributed by atoms with E-state index >= 15 is 0 Å². The molecule has 0 amide bonds. The molecule has 0 saturated heterocycles. The summed E-state index contributed by atoms with van der Waals surface area (Å²) < 4.78 is 0. The predicted molar refractivity (Wildman–Crippen MR) is 81.1 cm³/mol.